The zero-order valence-corrected chi connectivity index (χ0v) is 13.9. The number of hydrogen-bond acceptors (Lipinski definition) is 1. The Morgan fingerprint density at radius 3 is 2.53 bits per heavy atom. The molecular formula is C16H24BrNO. The van der Waals surface area contributed by atoms with E-state index in [1.54, 1.807) is 0 Å². The van der Waals surface area contributed by atoms with Crippen LogP contribution in [0.2, 0.25) is 0 Å². The van der Waals surface area contributed by atoms with Gasteiger partial charge in [0.2, 0.25) is 0 Å². The lowest BCUT2D eigenvalue weighted by Gasteiger charge is -2.15. The molecule has 1 rings (SSSR count). The summed E-state index contributed by atoms with van der Waals surface area (Å²) in [5.41, 5.74) is 1.86. The molecule has 0 fully saturated rings. The van der Waals surface area contributed by atoms with Crippen molar-refractivity contribution in [2.75, 3.05) is 0 Å². The van der Waals surface area contributed by atoms with Crippen LogP contribution in [0.3, 0.4) is 0 Å². The van der Waals surface area contributed by atoms with Gasteiger partial charge in [0.25, 0.3) is 5.91 Å². The Labute approximate surface area is 125 Å². The SMILES string of the molecule is Cc1ccc(C(=O)NC(C)CCCC(C)C)c(Br)c1. The summed E-state index contributed by atoms with van der Waals surface area (Å²) in [6.07, 6.45) is 3.41. The second-order valence-corrected chi connectivity index (χ2v) is 6.54. The Morgan fingerprint density at radius 2 is 1.95 bits per heavy atom. The van der Waals surface area contributed by atoms with Gasteiger partial charge in [0.1, 0.15) is 0 Å². The maximum absolute atomic E-state index is 12.1. The maximum Gasteiger partial charge on any atom is 0.252 e. The van der Waals surface area contributed by atoms with E-state index in [0.29, 0.717) is 5.56 Å². The third kappa shape index (κ3) is 5.77. The zero-order chi connectivity index (χ0) is 14.4. The van der Waals surface area contributed by atoms with Crippen LogP contribution in [0.4, 0.5) is 0 Å². The molecule has 0 aliphatic heterocycles. The van der Waals surface area contributed by atoms with Crippen molar-refractivity contribution >= 4 is 21.8 Å². The predicted octanol–water partition coefficient (Wildman–Crippen LogP) is 4.70. The molecule has 0 aliphatic rings. The number of amides is 1. The second kappa shape index (κ2) is 7.68. The summed E-state index contributed by atoms with van der Waals surface area (Å²) in [6.45, 7) is 8.54. The highest BCUT2D eigenvalue weighted by Crippen LogP contribution is 2.18. The molecule has 0 spiro atoms. The Kier molecular flexibility index (Phi) is 6.56. The molecule has 0 saturated carbocycles. The molecule has 1 N–H and O–H groups in total. The van der Waals surface area contributed by atoms with Crippen LogP contribution in [0.15, 0.2) is 22.7 Å². The minimum atomic E-state index is 0.00363. The van der Waals surface area contributed by atoms with Gasteiger partial charge in [-0.2, -0.15) is 0 Å². The molecule has 0 heterocycles. The molecule has 1 aromatic carbocycles. The number of carbonyl (C=O) groups excluding carboxylic acids is 1. The lowest BCUT2D eigenvalue weighted by Crippen LogP contribution is -2.32. The summed E-state index contributed by atoms with van der Waals surface area (Å²) in [5, 5.41) is 3.06. The molecule has 1 atom stereocenters. The first kappa shape index (κ1) is 16.2. The van der Waals surface area contributed by atoms with E-state index < -0.39 is 0 Å². The molecule has 19 heavy (non-hydrogen) atoms. The van der Waals surface area contributed by atoms with Crippen LogP contribution in [-0.2, 0) is 0 Å². The summed E-state index contributed by atoms with van der Waals surface area (Å²) in [7, 11) is 0. The van der Waals surface area contributed by atoms with Crippen molar-refractivity contribution in [1.82, 2.24) is 5.32 Å². The van der Waals surface area contributed by atoms with Crippen molar-refractivity contribution in [2.24, 2.45) is 5.92 Å². The number of hydrogen-bond donors (Lipinski definition) is 1. The van der Waals surface area contributed by atoms with Gasteiger partial charge in [-0.05, 0) is 59.8 Å². The largest absolute Gasteiger partial charge is 0.350 e. The van der Waals surface area contributed by atoms with E-state index in [-0.39, 0.29) is 11.9 Å². The minimum Gasteiger partial charge on any atom is -0.350 e. The van der Waals surface area contributed by atoms with Gasteiger partial charge in [-0.1, -0.05) is 32.8 Å². The van der Waals surface area contributed by atoms with E-state index in [0.717, 1.165) is 28.8 Å². The molecule has 3 heteroatoms. The molecule has 2 nitrogen and oxygen atoms in total. The van der Waals surface area contributed by atoms with E-state index in [1.807, 2.05) is 25.1 Å². The average Bonchev–Trinajstić information content (AvgIpc) is 2.27. The van der Waals surface area contributed by atoms with E-state index in [4.69, 9.17) is 0 Å². The predicted molar refractivity (Wildman–Crippen MR) is 84.5 cm³/mol. The van der Waals surface area contributed by atoms with Gasteiger partial charge < -0.3 is 5.32 Å². The minimum absolute atomic E-state index is 0.00363. The summed E-state index contributed by atoms with van der Waals surface area (Å²) < 4.78 is 0.861. The molecule has 106 valence electrons. The van der Waals surface area contributed by atoms with Gasteiger partial charge in [-0.3, -0.25) is 4.79 Å². The van der Waals surface area contributed by atoms with Crippen LogP contribution in [0.1, 0.15) is 56.0 Å². The zero-order valence-electron chi connectivity index (χ0n) is 12.3. The van der Waals surface area contributed by atoms with Crippen LogP contribution < -0.4 is 5.32 Å². The Hall–Kier alpha value is -0.830. The van der Waals surface area contributed by atoms with Crippen LogP contribution in [0, 0.1) is 12.8 Å². The average molecular weight is 326 g/mol. The number of aryl methyl sites for hydroxylation is 1. The molecule has 1 amide bonds. The Balaban J connectivity index is 2.50. The highest BCUT2D eigenvalue weighted by atomic mass is 79.9. The Bertz CT molecular complexity index is 429. The van der Waals surface area contributed by atoms with Crippen molar-refractivity contribution in [2.45, 2.75) is 53.0 Å². The summed E-state index contributed by atoms with van der Waals surface area (Å²) in [5.74, 6) is 0.734. The van der Waals surface area contributed by atoms with Crippen LogP contribution in [-0.4, -0.2) is 11.9 Å². The molecule has 0 aliphatic carbocycles. The van der Waals surface area contributed by atoms with Crippen LogP contribution in [0.5, 0.6) is 0 Å². The van der Waals surface area contributed by atoms with Crippen LogP contribution in [0.25, 0.3) is 0 Å². The summed E-state index contributed by atoms with van der Waals surface area (Å²) >= 11 is 3.45. The monoisotopic (exact) mass is 325 g/mol. The lowest BCUT2D eigenvalue weighted by atomic mass is 10.0. The van der Waals surface area contributed by atoms with E-state index in [1.165, 1.54) is 6.42 Å². The van der Waals surface area contributed by atoms with Gasteiger partial charge in [-0.25, -0.2) is 0 Å². The first-order chi connectivity index (χ1) is 8.90. The van der Waals surface area contributed by atoms with Gasteiger partial charge >= 0.3 is 0 Å². The topological polar surface area (TPSA) is 29.1 Å². The third-order valence-corrected chi connectivity index (χ3v) is 3.82. The number of halogens is 1. The molecule has 0 saturated heterocycles. The first-order valence-electron chi connectivity index (χ1n) is 6.97. The van der Waals surface area contributed by atoms with Crippen molar-refractivity contribution in [3.8, 4) is 0 Å². The van der Waals surface area contributed by atoms with Gasteiger partial charge in [0, 0.05) is 10.5 Å². The normalized spacial score (nSPS) is 12.5. The Morgan fingerprint density at radius 1 is 1.26 bits per heavy atom. The molecule has 1 unspecified atom stereocenters. The van der Waals surface area contributed by atoms with Gasteiger partial charge in [0.05, 0.1) is 5.56 Å². The van der Waals surface area contributed by atoms with Gasteiger partial charge in [0.15, 0.2) is 0 Å². The van der Waals surface area contributed by atoms with Gasteiger partial charge in [-0.15, -0.1) is 0 Å². The van der Waals surface area contributed by atoms with E-state index in [2.05, 4.69) is 42.0 Å². The standard InChI is InChI=1S/C16H24BrNO/c1-11(2)6-5-7-13(4)18-16(19)14-9-8-12(3)10-15(14)17/h8-11,13H,5-7H2,1-4H3,(H,18,19). The fraction of sp³-hybridized carbons (Fsp3) is 0.562. The smallest absolute Gasteiger partial charge is 0.252 e. The molecule has 0 bridgehead atoms. The number of carbonyl (C=O) groups is 1. The fourth-order valence-corrected chi connectivity index (χ4v) is 2.68. The molecule has 0 aromatic heterocycles. The quantitative estimate of drug-likeness (QED) is 0.806. The number of nitrogens with one attached hydrogen (secondary N) is 1. The molecular weight excluding hydrogens is 302 g/mol. The summed E-state index contributed by atoms with van der Waals surface area (Å²) in [4.78, 5) is 12.1. The lowest BCUT2D eigenvalue weighted by molar-refractivity contribution is 0.0937. The van der Waals surface area contributed by atoms with Crippen molar-refractivity contribution < 1.29 is 4.79 Å². The number of rotatable bonds is 6. The fourth-order valence-electron chi connectivity index (χ4n) is 2.01. The third-order valence-electron chi connectivity index (χ3n) is 3.17. The van der Waals surface area contributed by atoms with E-state index in [9.17, 15) is 4.79 Å². The molecule has 1 aromatic rings. The molecule has 0 radical (unpaired) electrons. The van der Waals surface area contributed by atoms with Crippen molar-refractivity contribution in [1.29, 1.82) is 0 Å². The highest BCUT2D eigenvalue weighted by Gasteiger charge is 2.12. The first-order valence-corrected chi connectivity index (χ1v) is 7.76. The van der Waals surface area contributed by atoms with Crippen LogP contribution >= 0.6 is 15.9 Å². The van der Waals surface area contributed by atoms with Crippen molar-refractivity contribution in [3.05, 3.63) is 33.8 Å². The maximum atomic E-state index is 12.1. The number of benzene rings is 1. The highest BCUT2D eigenvalue weighted by molar-refractivity contribution is 9.10. The van der Waals surface area contributed by atoms with Crippen molar-refractivity contribution in [3.63, 3.8) is 0 Å². The van der Waals surface area contributed by atoms with E-state index >= 15 is 0 Å². The second-order valence-electron chi connectivity index (χ2n) is 5.68. The summed E-state index contributed by atoms with van der Waals surface area (Å²) in [6, 6.07) is 6.02.